The fourth-order valence-corrected chi connectivity index (χ4v) is 1.71. The van der Waals surface area contributed by atoms with Crippen molar-refractivity contribution in [2.45, 2.75) is 6.42 Å². The number of aromatic nitrogens is 2. The lowest BCUT2D eigenvalue weighted by atomic mass is 10.2. The Morgan fingerprint density at radius 2 is 2.35 bits per heavy atom. The molecule has 20 heavy (non-hydrogen) atoms. The number of ether oxygens (including phenoxy) is 1. The van der Waals surface area contributed by atoms with Crippen LogP contribution >= 0.6 is 0 Å². The van der Waals surface area contributed by atoms with Crippen molar-refractivity contribution in [2.24, 2.45) is 17.9 Å². The highest BCUT2D eigenvalue weighted by Gasteiger charge is 2.07. The van der Waals surface area contributed by atoms with Crippen LogP contribution in [-0.2, 0) is 13.5 Å². The van der Waals surface area contributed by atoms with Crippen LogP contribution in [0, 0.1) is 5.82 Å². The van der Waals surface area contributed by atoms with Crippen LogP contribution in [0.1, 0.15) is 11.1 Å². The number of rotatable bonds is 5. The van der Waals surface area contributed by atoms with Gasteiger partial charge in [-0.05, 0) is 23.8 Å². The van der Waals surface area contributed by atoms with Crippen molar-refractivity contribution in [1.82, 2.24) is 9.78 Å². The molecule has 1 aromatic carbocycles. The lowest BCUT2D eigenvalue weighted by Gasteiger charge is -2.07. The smallest absolute Gasteiger partial charge is 0.170 e. The van der Waals surface area contributed by atoms with E-state index in [9.17, 15) is 4.39 Å². The zero-order valence-electron chi connectivity index (χ0n) is 11.0. The van der Waals surface area contributed by atoms with Gasteiger partial charge in [-0.15, -0.1) is 0 Å². The molecule has 7 heteroatoms. The number of hydrogen-bond acceptors (Lipinski definition) is 4. The normalized spacial score (nSPS) is 11.6. The molecule has 0 aliphatic carbocycles. The summed E-state index contributed by atoms with van der Waals surface area (Å²) in [6.45, 7) is 0.339. The Morgan fingerprint density at radius 1 is 1.55 bits per heavy atom. The topological polar surface area (TPSA) is 85.7 Å². The summed E-state index contributed by atoms with van der Waals surface area (Å²) in [6.07, 6.45) is 4.25. The van der Waals surface area contributed by atoms with Gasteiger partial charge < -0.3 is 15.7 Å². The molecule has 0 spiro atoms. The first-order chi connectivity index (χ1) is 9.60. The van der Waals surface area contributed by atoms with Crippen LogP contribution in [0.15, 0.2) is 35.7 Å². The molecule has 0 bridgehead atoms. The van der Waals surface area contributed by atoms with Crippen LogP contribution in [0.2, 0.25) is 0 Å². The van der Waals surface area contributed by atoms with Crippen molar-refractivity contribution in [1.29, 1.82) is 0 Å². The van der Waals surface area contributed by atoms with E-state index in [-0.39, 0.29) is 11.6 Å². The van der Waals surface area contributed by atoms with Crippen LogP contribution < -0.4 is 10.5 Å². The summed E-state index contributed by atoms with van der Waals surface area (Å²) >= 11 is 0. The SMILES string of the molecule is Cn1cc(CCOc2ccc(/C(N)=N/O)cc2F)cn1. The van der Waals surface area contributed by atoms with E-state index in [0.717, 1.165) is 11.6 Å². The fourth-order valence-electron chi connectivity index (χ4n) is 1.71. The summed E-state index contributed by atoms with van der Waals surface area (Å²) in [7, 11) is 1.83. The summed E-state index contributed by atoms with van der Waals surface area (Å²) in [6, 6.07) is 4.14. The van der Waals surface area contributed by atoms with E-state index in [0.29, 0.717) is 18.6 Å². The Balaban J connectivity index is 1.96. The first-order valence-corrected chi connectivity index (χ1v) is 5.98. The summed E-state index contributed by atoms with van der Waals surface area (Å²) in [4.78, 5) is 0. The summed E-state index contributed by atoms with van der Waals surface area (Å²) in [5, 5.41) is 15.4. The third kappa shape index (κ3) is 3.25. The fraction of sp³-hybridized carbons (Fsp3) is 0.231. The number of amidine groups is 1. The van der Waals surface area contributed by atoms with E-state index >= 15 is 0 Å². The van der Waals surface area contributed by atoms with Gasteiger partial charge in [0, 0.05) is 25.2 Å². The predicted octanol–water partition coefficient (Wildman–Crippen LogP) is 1.28. The van der Waals surface area contributed by atoms with Crippen molar-refractivity contribution >= 4 is 5.84 Å². The number of nitrogens with zero attached hydrogens (tertiary/aromatic N) is 3. The highest BCUT2D eigenvalue weighted by atomic mass is 19.1. The Kier molecular flexibility index (Phi) is 4.19. The monoisotopic (exact) mass is 278 g/mol. The van der Waals surface area contributed by atoms with Gasteiger partial charge in [-0.25, -0.2) is 4.39 Å². The van der Waals surface area contributed by atoms with Gasteiger partial charge in [0.25, 0.3) is 0 Å². The summed E-state index contributed by atoms with van der Waals surface area (Å²) in [5.74, 6) is -0.575. The lowest BCUT2D eigenvalue weighted by Crippen LogP contribution is -2.13. The van der Waals surface area contributed by atoms with Gasteiger partial charge in [0.2, 0.25) is 0 Å². The number of benzene rings is 1. The molecule has 2 rings (SSSR count). The van der Waals surface area contributed by atoms with Gasteiger partial charge in [0.1, 0.15) is 0 Å². The van der Waals surface area contributed by atoms with Crippen molar-refractivity contribution in [3.05, 3.63) is 47.5 Å². The molecule has 0 saturated heterocycles. The summed E-state index contributed by atoms with van der Waals surface area (Å²) in [5.41, 5.74) is 6.69. The zero-order chi connectivity index (χ0) is 14.5. The number of aryl methyl sites for hydroxylation is 1. The Bertz CT molecular complexity index is 625. The highest BCUT2D eigenvalue weighted by molar-refractivity contribution is 5.97. The van der Waals surface area contributed by atoms with Crippen molar-refractivity contribution in [3.8, 4) is 5.75 Å². The third-order valence-corrected chi connectivity index (χ3v) is 2.74. The Hall–Kier alpha value is -2.57. The molecule has 0 aliphatic heterocycles. The number of nitrogens with two attached hydrogens (primary N) is 1. The number of hydrogen-bond donors (Lipinski definition) is 2. The van der Waals surface area contributed by atoms with Gasteiger partial charge in [-0.1, -0.05) is 5.16 Å². The molecule has 1 aromatic heterocycles. The van der Waals surface area contributed by atoms with Crippen LogP contribution in [0.5, 0.6) is 5.75 Å². The highest BCUT2D eigenvalue weighted by Crippen LogP contribution is 2.18. The molecule has 0 saturated carbocycles. The molecular weight excluding hydrogens is 263 g/mol. The van der Waals surface area contributed by atoms with E-state index in [2.05, 4.69) is 10.3 Å². The lowest BCUT2D eigenvalue weighted by molar-refractivity contribution is 0.305. The molecule has 0 atom stereocenters. The van der Waals surface area contributed by atoms with Crippen LogP contribution in [-0.4, -0.2) is 27.4 Å². The minimum atomic E-state index is -0.555. The van der Waals surface area contributed by atoms with Crippen molar-refractivity contribution < 1.29 is 14.3 Å². The molecular formula is C13H15FN4O2. The quantitative estimate of drug-likeness (QED) is 0.373. The van der Waals surface area contributed by atoms with E-state index in [1.54, 1.807) is 10.9 Å². The average molecular weight is 278 g/mol. The Labute approximate surface area is 115 Å². The molecule has 2 aromatic rings. The Morgan fingerprint density at radius 3 is 2.95 bits per heavy atom. The largest absolute Gasteiger partial charge is 0.490 e. The molecule has 3 N–H and O–H groups in total. The predicted molar refractivity (Wildman–Crippen MR) is 71.3 cm³/mol. The standard InChI is InChI=1S/C13H15FN4O2/c1-18-8-9(7-16-18)4-5-20-12-3-2-10(6-11(12)14)13(15)17-19/h2-3,6-8,19H,4-5H2,1H3,(H2,15,17). The van der Waals surface area contributed by atoms with E-state index < -0.39 is 5.82 Å². The van der Waals surface area contributed by atoms with Gasteiger partial charge in [-0.3, -0.25) is 4.68 Å². The van der Waals surface area contributed by atoms with E-state index in [4.69, 9.17) is 15.7 Å². The second-order valence-corrected chi connectivity index (χ2v) is 4.25. The maximum Gasteiger partial charge on any atom is 0.170 e. The van der Waals surface area contributed by atoms with Crippen molar-refractivity contribution in [2.75, 3.05) is 6.61 Å². The minimum Gasteiger partial charge on any atom is -0.490 e. The molecule has 0 amide bonds. The zero-order valence-corrected chi connectivity index (χ0v) is 11.0. The molecule has 106 valence electrons. The second-order valence-electron chi connectivity index (χ2n) is 4.25. The molecule has 0 fully saturated rings. The van der Waals surface area contributed by atoms with Gasteiger partial charge in [-0.2, -0.15) is 5.10 Å². The molecule has 1 heterocycles. The third-order valence-electron chi connectivity index (χ3n) is 2.74. The number of halogens is 1. The van der Waals surface area contributed by atoms with Crippen LogP contribution in [0.25, 0.3) is 0 Å². The molecule has 0 radical (unpaired) electrons. The first kappa shape index (κ1) is 13.9. The van der Waals surface area contributed by atoms with Gasteiger partial charge >= 0.3 is 0 Å². The molecule has 0 unspecified atom stereocenters. The van der Waals surface area contributed by atoms with E-state index in [1.807, 2.05) is 13.2 Å². The minimum absolute atomic E-state index is 0.128. The van der Waals surface area contributed by atoms with Gasteiger partial charge in [0.15, 0.2) is 17.4 Å². The van der Waals surface area contributed by atoms with E-state index in [1.165, 1.54) is 12.1 Å². The number of oxime groups is 1. The van der Waals surface area contributed by atoms with Crippen LogP contribution in [0.3, 0.4) is 0 Å². The van der Waals surface area contributed by atoms with Crippen molar-refractivity contribution in [3.63, 3.8) is 0 Å². The molecule has 0 aliphatic rings. The molecule has 6 nitrogen and oxygen atoms in total. The van der Waals surface area contributed by atoms with Gasteiger partial charge in [0.05, 0.1) is 12.8 Å². The van der Waals surface area contributed by atoms with Crippen LogP contribution in [0.4, 0.5) is 4.39 Å². The summed E-state index contributed by atoms with van der Waals surface area (Å²) < 4.78 is 20.8. The maximum atomic E-state index is 13.7. The average Bonchev–Trinajstić information content (AvgIpc) is 2.85. The maximum absolute atomic E-state index is 13.7. The second kappa shape index (κ2) is 6.05. The first-order valence-electron chi connectivity index (χ1n) is 5.98.